The summed E-state index contributed by atoms with van der Waals surface area (Å²) in [4.78, 5) is 4.59. The first-order valence-electron chi connectivity index (χ1n) is 5.67. The van der Waals surface area contributed by atoms with Gasteiger partial charge in [-0.2, -0.15) is 0 Å². The minimum atomic E-state index is -0.572. The van der Waals surface area contributed by atoms with Crippen molar-refractivity contribution in [1.29, 1.82) is 0 Å². The Hall–Kier alpha value is -1.06. The lowest BCUT2D eigenvalue weighted by molar-refractivity contribution is 0.190. The molecule has 1 unspecified atom stereocenters. The summed E-state index contributed by atoms with van der Waals surface area (Å²) in [6.07, 6.45) is 1.22. The van der Waals surface area contributed by atoms with Crippen molar-refractivity contribution in [2.75, 3.05) is 0 Å². The number of nitrogens with zero attached hydrogens (tertiary/aromatic N) is 2. The van der Waals surface area contributed by atoms with Crippen molar-refractivity contribution in [2.24, 2.45) is 0 Å². The van der Waals surface area contributed by atoms with E-state index >= 15 is 0 Å². The number of rotatable bonds is 1. The van der Waals surface area contributed by atoms with Gasteiger partial charge < -0.3 is 5.11 Å². The standard InChI is InChI=1S/C13H17ClN2O/c1-8(17)11-12(13(2,3)4)15-10-6-5-9(14)7-16(10)11/h5-8,17H,1-4H3. The second kappa shape index (κ2) is 4.00. The maximum Gasteiger partial charge on any atom is 0.137 e. The zero-order chi connectivity index (χ0) is 12.8. The molecular weight excluding hydrogens is 236 g/mol. The van der Waals surface area contributed by atoms with Crippen LogP contribution in [0.5, 0.6) is 0 Å². The van der Waals surface area contributed by atoms with Gasteiger partial charge in [0.05, 0.1) is 22.5 Å². The number of fused-ring (bicyclic) bond motifs is 1. The number of imidazole rings is 1. The van der Waals surface area contributed by atoms with E-state index in [9.17, 15) is 5.11 Å². The summed E-state index contributed by atoms with van der Waals surface area (Å²) < 4.78 is 1.87. The molecule has 1 atom stereocenters. The number of halogens is 1. The lowest BCUT2D eigenvalue weighted by Crippen LogP contribution is -2.16. The molecule has 0 amide bonds. The Balaban J connectivity index is 2.81. The largest absolute Gasteiger partial charge is 0.387 e. The molecule has 2 rings (SSSR count). The predicted octanol–water partition coefficient (Wildman–Crippen LogP) is 3.34. The summed E-state index contributed by atoms with van der Waals surface area (Å²) in [5.41, 5.74) is 2.44. The smallest absolute Gasteiger partial charge is 0.137 e. The maximum absolute atomic E-state index is 9.94. The van der Waals surface area contributed by atoms with Crippen molar-refractivity contribution in [3.8, 4) is 0 Å². The zero-order valence-electron chi connectivity index (χ0n) is 10.5. The second-order valence-electron chi connectivity index (χ2n) is 5.35. The summed E-state index contributed by atoms with van der Waals surface area (Å²) in [7, 11) is 0. The number of hydrogen-bond acceptors (Lipinski definition) is 2. The summed E-state index contributed by atoms with van der Waals surface area (Å²) in [5, 5.41) is 10.6. The van der Waals surface area contributed by atoms with Crippen LogP contribution < -0.4 is 0 Å². The van der Waals surface area contributed by atoms with E-state index in [1.165, 1.54) is 0 Å². The minimum absolute atomic E-state index is 0.106. The van der Waals surface area contributed by atoms with Crippen LogP contribution in [0.25, 0.3) is 5.65 Å². The Morgan fingerprint density at radius 1 is 1.35 bits per heavy atom. The molecule has 0 aliphatic rings. The van der Waals surface area contributed by atoms with Gasteiger partial charge in [0.25, 0.3) is 0 Å². The third-order valence-corrected chi connectivity index (χ3v) is 2.95. The number of aliphatic hydroxyl groups excluding tert-OH is 1. The molecule has 1 N–H and O–H groups in total. The van der Waals surface area contributed by atoms with E-state index in [1.807, 2.05) is 16.5 Å². The van der Waals surface area contributed by atoms with Crippen molar-refractivity contribution < 1.29 is 5.11 Å². The predicted molar refractivity (Wildman–Crippen MR) is 69.5 cm³/mol. The average molecular weight is 253 g/mol. The van der Waals surface area contributed by atoms with Gasteiger partial charge >= 0.3 is 0 Å². The molecule has 0 bridgehead atoms. The first kappa shape index (κ1) is 12.4. The molecule has 0 aliphatic carbocycles. The van der Waals surface area contributed by atoms with Crippen LogP contribution in [0.4, 0.5) is 0 Å². The normalized spacial score (nSPS) is 14.2. The van der Waals surface area contributed by atoms with Crippen LogP contribution in [0, 0.1) is 0 Å². The van der Waals surface area contributed by atoms with E-state index in [0.29, 0.717) is 5.02 Å². The summed E-state index contributed by atoms with van der Waals surface area (Å²) in [6.45, 7) is 8.01. The highest BCUT2D eigenvalue weighted by atomic mass is 35.5. The summed E-state index contributed by atoms with van der Waals surface area (Å²) in [5.74, 6) is 0. The molecule has 2 aromatic heterocycles. The number of hydrogen-bond donors (Lipinski definition) is 1. The summed E-state index contributed by atoms with van der Waals surface area (Å²) >= 11 is 5.99. The molecule has 0 aromatic carbocycles. The van der Waals surface area contributed by atoms with Crippen LogP contribution >= 0.6 is 11.6 Å². The molecular formula is C13H17ClN2O. The minimum Gasteiger partial charge on any atom is -0.387 e. The van der Waals surface area contributed by atoms with E-state index < -0.39 is 6.10 Å². The van der Waals surface area contributed by atoms with Gasteiger partial charge in [0, 0.05) is 11.6 Å². The van der Waals surface area contributed by atoms with Crippen molar-refractivity contribution in [2.45, 2.75) is 39.2 Å². The molecule has 92 valence electrons. The first-order valence-corrected chi connectivity index (χ1v) is 6.04. The quantitative estimate of drug-likeness (QED) is 0.845. The number of aromatic nitrogens is 2. The van der Waals surface area contributed by atoms with Crippen LogP contribution in [-0.2, 0) is 5.41 Å². The van der Waals surface area contributed by atoms with Gasteiger partial charge in [-0.3, -0.25) is 4.40 Å². The number of pyridine rings is 1. The Kier molecular flexibility index (Phi) is 2.92. The van der Waals surface area contributed by atoms with Gasteiger partial charge in [-0.05, 0) is 19.1 Å². The molecule has 2 aromatic rings. The molecule has 0 saturated heterocycles. The van der Waals surface area contributed by atoms with Crippen LogP contribution in [0.1, 0.15) is 45.2 Å². The van der Waals surface area contributed by atoms with Crippen molar-refractivity contribution in [3.05, 3.63) is 34.7 Å². The van der Waals surface area contributed by atoms with E-state index in [2.05, 4.69) is 25.8 Å². The Bertz CT molecular complexity index is 552. The molecule has 2 heterocycles. The van der Waals surface area contributed by atoms with E-state index in [1.54, 1.807) is 13.1 Å². The molecule has 0 saturated carbocycles. The van der Waals surface area contributed by atoms with Gasteiger partial charge in [0.15, 0.2) is 0 Å². The van der Waals surface area contributed by atoms with Gasteiger partial charge in [-0.1, -0.05) is 32.4 Å². The monoisotopic (exact) mass is 252 g/mol. The number of aliphatic hydroxyl groups is 1. The lowest BCUT2D eigenvalue weighted by Gasteiger charge is -2.19. The molecule has 17 heavy (non-hydrogen) atoms. The molecule has 4 heteroatoms. The SMILES string of the molecule is CC(O)c1c(C(C)(C)C)nc2ccc(Cl)cn12. The molecule has 0 spiro atoms. The van der Waals surface area contributed by atoms with Gasteiger partial charge in [0.2, 0.25) is 0 Å². The fraction of sp³-hybridized carbons (Fsp3) is 0.462. The van der Waals surface area contributed by atoms with Crippen LogP contribution in [0.2, 0.25) is 5.02 Å². The Labute approximate surface area is 106 Å². The van der Waals surface area contributed by atoms with Crippen molar-refractivity contribution in [3.63, 3.8) is 0 Å². The van der Waals surface area contributed by atoms with Crippen LogP contribution in [0.15, 0.2) is 18.3 Å². The van der Waals surface area contributed by atoms with Crippen LogP contribution in [0.3, 0.4) is 0 Å². The van der Waals surface area contributed by atoms with Gasteiger partial charge in [0.1, 0.15) is 5.65 Å². The average Bonchev–Trinajstić information content (AvgIpc) is 2.55. The van der Waals surface area contributed by atoms with E-state index in [-0.39, 0.29) is 5.41 Å². The van der Waals surface area contributed by atoms with Gasteiger partial charge in [-0.25, -0.2) is 4.98 Å². The maximum atomic E-state index is 9.94. The van der Waals surface area contributed by atoms with E-state index in [0.717, 1.165) is 17.0 Å². The topological polar surface area (TPSA) is 37.5 Å². The fourth-order valence-corrected chi connectivity index (χ4v) is 2.15. The third kappa shape index (κ3) is 2.17. The van der Waals surface area contributed by atoms with Crippen LogP contribution in [-0.4, -0.2) is 14.5 Å². The van der Waals surface area contributed by atoms with Gasteiger partial charge in [-0.15, -0.1) is 0 Å². The molecule has 0 fully saturated rings. The second-order valence-corrected chi connectivity index (χ2v) is 5.78. The van der Waals surface area contributed by atoms with E-state index in [4.69, 9.17) is 11.6 Å². The third-order valence-electron chi connectivity index (χ3n) is 2.73. The Morgan fingerprint density at radius 2 is 2.00 bits per heavy atom. The lowest BCUT2D eigenvalue weighted by atomic mass is 9.89. The summed E-state index contributed by atoms with van der Waals surface area (Å²) in [6, 6.07) is 3.67. The highest BCUT2D eigenvalue weighted by Gasteiger charge is 2.25. The fourth-order valence-electron chi connectivity index (χ4n) is 1.99. The Morgan fingerprint density at radius 3 is 2.53 bits per heavy atom. The molecule has 0 aliphatic heterocycles. The molecule has 3 nitrogen and oxygen atoms in total. The van der Waals surface area contributed by atoms with Crippen molar-refractivity contribution >= 4 is 17.2 Å². The first-order chi connectivity index (χ1) is 7.80. The highest BCUT2D eigenvalue weighted by Crippen LogP contribution is 2.30. The molecule has 0 radical (unpaired) electrons. The highest BCUT2D eigenvalue weighted by molar-refractivity contribution is 6.30. The van der Waals surface area contributed by atoms with Crippen molar-refractivity contribution in [1.82, 2.24) is 9.38 Å². The zero-order valence-corrected chi connectivity index (χ0v) is 11.3.